The Bertz CT molecular complexity index is 6010. The largest absolute Gasteiger partial charge is 0.463 e. The molecule has 3 heterocycles. The van der Waals surface area contributed by atoms with E-state index in [4.69, 9.17) is 120 Å². The maximum atomic E-state index is 12.3. The van der Waals surface area contributed by atoms with E-state index >= 15 is 0 Å². The molecule has 4 N–H and O–H groups in total. The molecule has 0 spiro atoms. The highest BCUT2D eigenvalue weighted by Gasteiger charge is 2.62. The van der Waals surface area contributed by atoms with Crippen LogP contribution in [0, 0.1) is 0 Å². The van der Waals surface area contributed by atoms with Gasteiger partial charge in [0.25, 0.3) is 0 Å². The number of rotatable bonds is 31. The van der Waals surface area contributed by atoms with Gasteiger partial charge in [-0.1, -0.05) is 270 Å². The van der Waals surface area contributed by atoms with E-state index < -0.39 is 145 Å². The molecule has 26 nitrogen and oxygen atoms in total. The molecule has 770 valence electrons. The van der Waals surface area contributed by atoms with Gasteiger partial charge in [-0.25, -0.2) is 0 Å². The van der Waals surface area contributed by atoms with Gasteiger partial charge in [0.2, 0.25) is 17.7 Å². The van der Waals surface area contributed by atoms with Crippen LogP contribution in [0.25, 0.3) is 0 Å². The van der Waals surface area contributed by atoms with Crippen molar-refractivity contribution in [3.05, 3.63) is 347 Å². The summed E-state index contributed by atoms with van der Waals surface area (Å²) >= 11 is 38.6. The Hall–Kier alpha value is -10.3. The Kier molecular flexibility index (Phi) is 45.6. The van der Waals surface area contributed by atoms with E-state index in [1.807, 2.05) is 97.1 Å². The van der Waals surface area contributed by atoms with Crippen LogP contribution in [0.15, 0.2) is 221 Å². The zero-order valence-electron chi connectivity index (χ0n) is 82.6. The van der Waals surface area contributed by atoms with Gasteiger partial charge in [0.1, 0.15) is 55.9 Å². The first-order valence-corrected chi connectivity index (χ1v) is 50.3. The van der Waals surface area contributed by atoms with Gasteiger partial charge in [-0.05, 0) is 202 Å². The van der Waals surface area contributed by atoms with Crippen LogP contribution in [-0.2, 0) is 169 Å². The monoisotopic (exact) mass is 2200 g/mol. The summed E-state index contributed by atoms with van der Waals surface area (Å²) in [5.41, 5.74) is 16.7. The van der Waals surface area contributed by atoms with Crippen molar-refractivity contribution in [2.45, 2.75) is 239 Å². The predicted molar refractivity (Wildman–Crippen MR) is 553 cm³/mol. The number of hydrogen-bond acceptors (Lipinski definition) is 26. The number of aryl methyl sites for hydroxylation is 5. The number of ketones is 1. The van der Waals surface area contributed by atoms with Crippen LogP contribution in [-0.4, -0.2) is 181 Å². The third kappa shape index (κ3) is 32.6. The molecule has 3 aliphatic rings. The number of halogens is 7. The van der Waals surface area contributed by atoms with E-state index in [9.17, 15) is 63.6 Å². The summed E-state index contributed by atoms with van der Waals surface area (Å²) in [6, 6.07) is 67.5. The highest BCUT2D eigenvalue weighted by Crippen LogP contribution is 2.47. The van der Waals surface area contributed by atoms with Crippen molar-refractivity contribution in [1.29, 1.82) is 0 Å². The molecular formula is C111H121Br2Cl5O26. The van der Waals surface area contributed by atoms with Gasteiger partial charge in [0.05, 0.1) is 11.6 Å². The van der Waals surface area contributed by atoms with Crippen LogP contribution in [0.1, 0.15) is 201 Å². The van der Waals surface area contributed by atoms with Gasteiger partial charge in [0.15, 0.2) is 36.3 Å². The Morgan fingerprint density at radius 1 is 0.340 bits per heavy atom. The van der Waals surface area contributed by atoms with Gasteiger partial charge in [-0.3, -0.25) is 43.2 Å². The lowest BCUT2D eigenvalue weighted by Crippen LogP contribution is -2.67. The first kappa shape index (κ1) is 117. The summed E-state index contributed by atoms with van der Waals surface area (Å²) in [4.78, 5) is 108. The van der Waals surface area contributed by atoms with E-state index in [1.165, 1.54) is 89.1 Å². The quantitative estimate of drug-likeness (QED) is 0.0178. The number of carbonyl (C=O) groups excluding carboxylic acids is 9. The fraction of sp³-hybridized carbons (Fsp3) is 0.378. The van der Waals surface area contributed by atoms with Crippen molar-refractivity contribution >= 4 is 143 Å². The Balaban J connectivity index is 0.000000208. The molecule has 0 bridgehead atoms. The van der Waals surface area contributed by atoms with Crippen LogP contribution in [0.3, 0.4) is 0 Å². The molecule has 33 heteroatoms. The number of esters is 8. The van der Waals surface area contributed by atoms with Crippen molar-refractivity contribution in [3.63, 3.8) is 0 Å². The number of aliphatic hydroxyl groups is 4. The summed E-state index contributed by atoms with van der Waals surface area (Å²) in [7, 11) is 2.66. The molecule has 10 aromatic rings. The van der Waals surface area contributed by atoms with E-state index in [0.29, 0.717) is 67.2 Å². The minimum Gasteiger partial charge on any atom is -0.463 e. The lowest BCUT2D eigenvalue weighted by molar-refractivity contribution is -0.367. The molecular weight excluding hydrogens is 2090 g/mol. The highest BCUT2D eigenvalue weighted by atomic mass is 79.9. The number of ether oxygens (including phenoxy) is 13. The number of benzene rings is 10. The Labute approximate surface area is 881 Å². The number of hydrogen-bond donors (Lipinski definition) is 4. The van der Waals surface area contributed by atoms with Gasteiger partial charge in [0, 0.05) is 121 Å². The second kappa shape index (κ2) is 56.0. The minimum absolute atomic E-state index is 0.0519. The zero-order chi connectivity index (χ0) is 106. The summed E-state index contributed by atoms with van der Waals surface area (Å²) in [6.07, 6.45) is -9.36. The van der Waals surface area contributed by atoms with Crippen molar-refractivity contribution in [3.8, 4) is 0 Å². The maximum Gasteiger partial charge on any atom is 0.303 e. The molecule has 0 radical (unpaired) electrons. The smallest absolute Gasteiger partial charge is 0.303 e. The summed E-state index contributed by atoms with van der Waals surface area (Å²) in [6.45, 7) is 18.8. The molecule has 0 amide bonds. The predicted octanol–water partition coefficient (Wildman–Crippen LogP) is 20.3. The first-order chi connectivity index (χ1) is 68.5. The standard InChI is InChI=1S/C30H35ClO10.C29H33ClO9.C22H27ClO6.C15H12BrClO.C15H14BrCl/c1-7-21-8-10-22(11-9-21)14-23-15-24(12-13-25(23)31)30(36-6)29(40-20(5)35)28(39-19(4)34)27(38-18(3)33)26(41-30)16-37-17(2)32;1-6-20-7-9-21(10-8-20)13-23-14-22(11-12-24(23)30)26-28(37-18(4)33)29(38-19(5)34)27(36-17(3)32)25(39-26)15-35-16(2)31;1-3-13-4-6-14(7-5-13)10-15-11-16(8-9-17(15)23)22(28-2)21(27)20(26)19(25)18(12-24)29-22;1-2-10-3-5-11(6-4-10)15(18)13-9-12(16)7-8-14(13)17;1-2-11-3-5-12(6-4-11)9-13-10-14(16)7-8-15(13)17/h8-13,15,26-29H,7,14,16H2,1-6H3;7-12,14,25-29H,6,13,15H2,1-5H3;4-9,11,18-21,24-27H,3,10,12H2,1-2H3;3-9H,2H2,1H3;3-8,10H,2,9H2,1H3/t26-,27-,28+,29-,30?;25-,26+,27-,28+,29+;18-,19-,20+,21-,22?;;/m111../s1. The van der Waals surface area contributed by atoms with Crippen LogP contribution in [0.2, 0.25) is 25.1 Å². The van der Waals surface area contributed by atoms with Gasteiger partial charge in [-0.2, -0.15) is 0 Å². The zero-order valence-corrected chi connectivity index (χ0v) is 89.6. The molecule has 3 saturated heterocycles. The molecule has 0 aromatic heterocycles. The number of aliphatic hydroxyl groups excluding tert-OH is 4. The van der Waals surface area contributed by atoms with Crippen molar-refractivity contribution < 1.29 is 125 Å². The van der Waals surface area contributed by atoms with E-state index in [2.05, 4.69) is 121 Å². The number of methoxy groups -OCH3 is 2. The molecule has 2 unspecified atom stereocenters. The molecule has 13 rings (SSSR count). The van der Waals surface area contributed by atoms with Crippen molar-refractivity contribution in [2.75, 3.05) is 34.0 Å². The van der Waals surface area contributed by atoms with Gasteiger partial charge >= 0.3 is 47.8 Å². The van der Waals surface area contributed by atoms with Gasteiger partial charge in [-0.15, -0.1) is 0 Å². The topological polar surface area (TPSA) is 355 Å². The first-order valence-electron chi connectivity index (χ1n) is 46.8. The minimum atomic E-state index is -1.89. The summed E-state index contributed by atoms with van der Waals surface area (Å²) in [5, 5.41) is 43.4. The molecule has 15 atom stereocenters. The lowest BCUT2D eigenvalue weighted by Gasteiger charge is -2.50. The Morgan fingerprint density at radius 2 is 0.667 bits per heavy atom. The molecule has 3 fully saturated rings. The SMILES string of the molecule is CCc1ccc(C(=O)c2cc(Br)ccc2Cl)cc1.CCc1ccc(Cc2cc(Br)ccc2Cl)cc1.CCc1ccc(Cc2cc(C3(OC)O[C@H](CO)[C@@H](O)[C@H](O)[C@H]3O)ccc2Cl)cc1.CCc1ccc(Cc2cc(C3(OC)O[C@H](COC(C)=O)[C@@H](OC(C)=O)[C@H](OC(C)=O)[C@H]3OC(C)=O)ccc2Cl)cc1.CCc1ccc(Cc2cc([C@@H]3O[C@H](COC(C)=O)[C@@H](OC(C)=O)[C@H](OC(C)=O)[C@H]3OC(C)=O)ccc2Cl)cc1. The fourth-order valence-electron chi connectivity index (χ4n) is 16.6. The molecule has 10 aromatic carbocycles. The average molecular weight is 2210 g/mol. The maximum absolute atomic E-state index is 12.3. The van der Waals surface area contributed by atoms with Crippen molar-refractivity contribution in [1.82, 2.24) is 0 Å². The second-order valence-corrected chi connectivity index (χ2v) is 38.2. The molecule has 0 saturated carbocycles. The summed E-state index contributed by atoms with van der Waals surface area (Å²) in [5.74, 6) is -9.12. The molecule has 144 heavy (non-hydrogen) atoms. The van der Waals surface area contributed by atoms with E-state index in [0.717, 1.165) is 105 Å². The van der Waals surface area contributed by atoms with Crippen molar-refractivity contribution in [2.24, 2.45) is 0 Å². The van der Waals surface area contributed by atoms with Crippen LogP contribution < -0.4 is 0 Å². The molecule has 0 aliphatic carbocycles. The summed E-state index contributed by atoms with van der Waals surface area (Å²) < 4.78 is 75.4. The van der Waals surface area contributed by atoms with Crippen LogP contribution in [0.5, 0.6) is 0 Å². The normalized spacial score (nSPS) is 21.4. The van der Waals surface area contributed by atoms with Crippen LogP contribution in [0.4, 0.5) is 0 Å². The number of carbonyl (C=O) groups is 9. The third-order valence-corrected chi connectivity index (χ3v) is 26.8. The average Bonchev–Trinajstić information content (AvgIpc) is 0.729. The highest BCUT2D eigenvalue weighted by molar-refractivity contribution is 9.10. The Morgan fingerprint density at radius 3 is 1.06 bits per heavy atom. The lowest BCUT2D eigenvalue weighted by atomic mass is 9.86. The fourth-order valence-corrected chi connectivity index (χ4v) is 18.3. The third-order valence-electron chi connectivity index (χ3n) is 24.0. The second-order valence-electron chi connectivity index (χ2n) is 34.4. The van der Waals surface area contributed by atoms with E-state index in [-0.39, 0.29) is 19.0 Å². The van der Waals surface area contributed by atoms with Gasteiger partial charge < -0.3 is 82.0 Å². The van der Waals surface area contributed by atoms with Crippen LogP contribution >= 0.6 is 89.9 Å². The molecule has 3 aliphatic heterocycles. The van der Waals surface area contributed by atoms with E-state index in [1.54, 1.807) is 60.7 Å².